The number of hydroxylamine groups is 1. The minimum Gasteiger partial charge on any atom is -0.251 e. The van der Waals surface area contributed by atoms with Gasteiger partial charge in [0.15, 0.2) is 6.23 Å². The fraction of sp³-hybridized carbons (Fsp3) is 0.800. The van der Waals surface area contributed by atoms with Crippen LogP contribution in [0.15, 0.2) is 4.99 Å². The van der Waals surface area contributed by atoms with Gasteiger partial charge in [0.05, 0.1) is 0 Å². The highest BCUT2D eigenvalue weighted by Crippen LogP contribution is 1.99. The number of aliphatic imine (C=N–C) groups is 1. The molecule has 0 aromatic heterocycles. The summed E-state index contributed by atoms with van der Waals surface area (Å²) in [4.78, 5) is 8.99. The van der Waals surface area contributed by atoms with Gasteiger partial charge in [-0.05, 0) is 6.92 Å². The van der Waals surface area contributed by atoms with E-state index in [9.17, 15) is 0 Å². The quantitative estimate of drug-likeness (QED) is 0.543. The van der Waals surface area contributed by atoms with Crippen LogP contribution in [-0.4, -0.2) is 12.1 Å². The van der Waals surface area contributed by atoms with E-state index in [0.717, 1.165) is 12.3 Å². The Hall–Kier alpha value is -0.570. The van der Waals surface area contributed by atoms with E-state index in [-0.39, 0.29) is 6.23 Å². The van der Waals surface area contributed by atoms with Crippen molar-refractivity contribution in [3.8, 4) is 0 Å². The molecule has 0 saturated heterocycles. The van der Waals surface area contributed by atoms with Crippen LogP contribution in [0.1, 0.15) is 20.3 Å². The van der Waals surface area contributed by atoms with Crippen molar-refractivity contribution >= 4 is 5.84 Å². The first kappa shape index (κ1) is 5.56. The average Bonchev–Trinajstić information content (AvgIpc) is 2.14. The Morgan fingerprint density at radius 3 is 2.88 bits per heavy atom. The molecule has 1 heterocycles. The smallest absolute Gasteiger partial charge is 0.174 e. The number of rotatable bonds is 1. The lowest BCUT2D eigenvalue weighted by Gasteiger charge is -1.94. The number of hydrogen-bond donors (Lipinski definition) is 1. The Morgan fingerprint density at radius 2 is 2.62 bits per heavy atom. The summed E-state index contributed by atoms with van der Waals surface area (Å²) >= 11 is 0. The largest absolute Gasteiger partial charge is 0.251 e. The molecule has 3 heteroatoms. The third kappa shape index (κ3) is 0.980. The van der Waals surface area contributed by atoms with Crippen molar-refractivity contribution < 1.29 is 4.84 Å². The fourth-order valence-electron chi connectivity index (χ4n) is 0.589. The van der Waals surface area contributed by atoms with Gasteiger partial charge in [-0.15, -0.1) is 0 Å². The predicted molar refractivity (Wildman–Crippen MR) is 31.4 cm³/mol. The molecule has 1 N–H and O–H groups in total. The van der Waals surface area contributed by atoms with Gasteiger partial charge in [-0.3, -0.25) is 5.48 Å². The minimum absolute atomic E-state index is 0.00458. The molecule has 0 radical (unpaired) electrons. The molecular formula is C5H10N2O. The Morgan fingerprint density at radius 1 is 1.88 bits per heavy atom. The second-order valence-electron chi connectivity index (χ2n) is 1.75. The van der Waals surface area contributed by atoms with Crippen molar-refractivity contribution in [3.63, 3.8) is 0 Å². The van der Waals surface area contributed by atoms with Gasteiger partial charge in [0.1, 0.15) is 5.84 Å². The second kappa shape index (κ2) is 2.13. The molecule has 0 aliphatic carbocycles. The molecule has 0 spiro atoms. The monoisotopic (exact) mass is 114 g/mol. The zero-order valence-corrected chi connectivity index (χ0v) is 5.14. The van der Waals surface area contributed by atoms with Gasteiger partial charge in [-0.25, -0.2) is 9.83 Å². The molecule has 0 saturated carbocycles. The molecule has 0 aromatic carbocycles. The summed E-state index contributed by atoms with van der Waals surface area (Å²) in [6.45, 7) is 3.93. The van der Waals surface area contributed by atoms with E-state index < -0.39 is 0 Å². The number of amidine groups is 1. The van der Waals surface area contributed by atoms with Crippen LogP contribution in [0.3, 0.4) is 0 Å². The highest BCUT2D eigenvalue weighted by molar-refractivity contribution is 5.81. The summed E-state index contributed by atoms with van der Waals surface area (Å²) in [6, 6.07) is 0. The molecule has 1 unspecified atom stereocenters. The van der Waals surface area contributed by atoms with Gasteiger partial charge in [0.25, 0.3) is 0 Å². The number of nitrogens with one attached hydrogen (secondary N) is 1. The third-order valence-electron chi connectivity index (χ3n) is 1.02. The number of hydrogen-bond acceptors (Lipinski definition) is 3. The highest BCUT2D eigenvalue weighted by atomic mass is 16.7. The lowest BCUT2D eigenvalue weighted by molar-refractivity contribution is 0.0497. The Balaban J connectivity index is 2.44. The highest BCUT2D eigenvalue weighted by Gasteiger charge is 2.09. The van der Waals surface area contributed by atoms with Crippen LogP contribution in [-0.2, 0) is 4.84 Å². The summed E-state index contributed by atoms with van der Waals surface area (Å²) in [6.07, 6.45) is 0.926. The van der Waals surface area contributed by atoms with Crippen molar-refractivity contribution in [2.75, 3.05) is 0 Å². The van der Waals surface area contributed by atoms with Gasteiger partial charge < -0.3 is 0 Å². The van der Waals surface area contributed by atoms with Crippen LogP contribution in [0.5, 0.6) is 0 Å². The molecular weight excluding hydrogens is 104 g/mol. The average molecular weight is 114 g/mol. The molecule has 0 bridgehead atoms. The standard InChI is InChI=1S/C5H10N2O/c1-3-5-6-4(2)8-7-5/h4H,3H2,1-2H3,(H,6,7). The molecule has 1 aliphatic heterocycles. The fourth-order valence-corrected chi connectivity index (χ4v) is 0.589. The van der Waals surface area contributed by atoms with Gasteiger partial charge in [0, 0.05) is 6.42 Å². The molecule has 1 atom stereocenters. The summed E-state index contributed by atoms with van der Waals surface area (Å²) in [5, 5.41) is 0. The maximum absolute atomic E-state index is 4.90. The van der Waals surface area contributed by atoms with Gasteiger partial charge in [-0.2, -0.15) is 0 Å². The van der Waals surface area contributed by atoms with Crippen LogP contribution < -0.4 is 5.48 Å². The van der Waals surface area contributed by atoms with E-state index in [1.807, 2.05) is 13.8 Å². The molecule has 0 aromatic rings. The lowest BCUT2D eigenvalue weighted by atomic mass is 10.4. The summed E-state index contributed by atoms with van der Waals surface area (Å²) in [7, 11) is 0. The van der Waals surface area contributed by atoms with Crippen LogP contribution >= 0.6 is 0 Å². The molecule has 3 nitrogen and oxygen atoms in total. The van der Waals surface area contributed by atoms with Gasteiger partial charge in [0.2, 0.25) is 0 Å². The van der Waals surface area contributed by atoms with Crippen molar-refractivity contribution in [1.29, 1.82) is 0 Å². The molecule has 46 valence electrons. The maximum Gasteiger partial charge on any atom is 0.174 e. The summed E-state index contributed by atoms with van der Waals surface area (Å²) in [5.41, 5.74) is 2.71. The Labute approximate surface area is 48.7 Å². The molecule has 8 heavy (non-hydrogen) atoms. The zero-order valence-electron chi connectivity index (χ0n) is 5.14. The first-order valence-electron chi connectivity index (χ1n) is 2.81. The van der Waals surface area contributed by atoms with E-state index in [2.05, 4.69) is 10.5 Å². The zero-order chi connectivity index (χ0) is 5.98. The van der Waals surface area contributed by atoms with Crippen LogP contribution in [0.25, 0.3) is 0 Å². The van der Waals surface area contributed by atoms with Crippen molar-refractivity contribution in [1.82, 2.24) is 5.48 Å². The van der Waals surface area contributed by atoms with Crippen molar-refractivity contribution in [2.45, 2.75) is 26.5 Å². The summed E-state index contributed by atoms with van der Waals surface area (Å²) < 4.78 is 0. The first-order chi connectivity index (χ1) is 3.83. The van der Waals surface area contributed by atoms with Gasteiger partial charge in [-0.1, -0.05) is 6.92 Å². The van der Waals surface area contributed by atoms with E-state index in [4.69, 9.17) is 4.84 Å². The molecule has 1 aliphatic rings. The van der Waals surface area contributed by atoms with Gasteiger partial charge >= 0.3 is 0 Å². The molecule has 0 fully saturated rings. The predicted octanol–water partition coefficient (Wildman–Crippen LogP) is 0.676. The van der Waals surface area contributed by atoms with Crippen LogP contribution in [0.2, 0.25) is 0 Å². The summed E-state index contributed by atoms with van der Waals surface area (Å²) in [5.74, 6) is 0.942. The van der Waals surface area contributed by atoms with Crippen molar-refractivity contribution in [2.24, 2.45) is 4.99 Å². The van der Waals surface area contributed by atoms with Crippen LogP contribution in [0.4, 0.5) is 0 Å². The molecule has 0 amide bonds. The van der Waals surface area contributed by atoms with E-state index >= 15 is 0 Å². The lowest BCUT2D eigenvalue weighted by Crippen LogP contribution is -2.16. The van der Waals surface area contributed by atoms with E-state index in [0.29, 0.717) is 0 Å². The third-order valence-corrected chi connectivity index (χ3v) is 1.02. The molecule has 1 rings (SSSR count). The van der Waals surface area contributed by atoms with Crippen molar-refractivity contribution in [3.05, 3.63) is 0 Å². The number of nitrogens with zero attached hydrogens (tertiary/aromatic N) is 1. The SMILES string of the molecule is CCC1=NC(C)ON1. The maximum atomic E-state index is 4.90. The van der Waals surface area contributed by atoms with E-state index in [1.165, 1.54) is 0 Å². The Bertz CT molecular complexity index is 111. The Kier molecular flexibility index (Phi) is 1.48. The second-order valence-corrected chi connectivity index (χ2v) is 1.75. The first-order valence-corrected chi connectivity index (χ1v) is 2.81. The normalized spacial score (nSPS) is 27.2. The minimum atomic E-state index is 0.00458. The van der Waals surface area contributed by atoms with Crippen LogP contribution in [0, 0.1) is 0 Å². The topological polar surface area (TPSA) is 33.6 Å². The van der Waals surface area contributed by atoms with E-state index in [1.54, 1.807) is 0 Å².